The first-order valence-electron chi connectivity index (χ1n) is 17.7. The van der Waals surface area contributed by atoms with Gasteiger partial charge in [-0.05, 0) is 82.2 Å². The summed E-state index contributed by atoms with van der Waals surface area (Å²) in [7, 11) is 0. The second-order valence-corrected chi connectivity index (χ2v) is 13.0. The van der Waals surface area contributed by atoms with E-state index >= 15 is 0 Å². The van der Waals surface area contributed by atoms with Gasteiger partial charge in [0, 0.05) is 38.6 Å². The van der Waals surface area contributed by atoms with Gasteiger partial charge in [0.25, 0.3) is 0 Å². The van der Waals surface area contributed by atoms with Crippen molar-refractivity contribution in [1.82, 2.24) is 0 Å². The van der Waals surface area contributed by atoms with Crippen molar-refractivity contribution >= 4 is 77.7 Å². The van der Waals surface area contributed by atoms with Crippen molar-refractivity contribution in [3.63, 3.8) is 0 Å². The average Bonchev–Trinajstić information content (AvgIpc) is 3.21. The van der Waals surface area contributed by atoms with E-state index in [-0.39, 0.29) is 44.8 Å². The number of hydrogen-bond acceptors (Lipinski definition) is 8. The average molecular weight is 865 g/mol. The summed E-state index contributed by atoms with van der Waals surface area (Å²) in [6, 6.07) is 34.0. The normalized spacial score (nSPS) is 11.1. The highest BCUT2D eigenvalue weighted by molar-refractivity contribution is 6.05. The van der Waals surface area contributed by atoms with Gasteiger partial charge in [0.05, 0.1) is 5.69 Å². The van der Waals surface area contributed by atoms with Crippen LogP contribution in [0.3, 0.4) is 0 Å². The first-order chi connectivity index (χ1) is 29.1. The van der Waals surface area contributed by atoms with E-state index in [2.05, 4.69) is 0 Å². The Morgan fingerprint density at radius 2 is 0.839 bits per heavy atom. The molecule has 0 aliphatic carbocycles. The minimum absolute atomic E-state index is 0.00530. The van der Waals surface area contributed by atoms with Gasteiger partial charge in [0.15, 0.2) is 23.1 Å². The Hall–Kier alpha value is -8.02. The summed E-state index contributed by atoms with van der Waals surface area (Å²) < 4.78 is 100.0. The van der Waals surface area contributed by atoms with Crippen LogP contribution in [0.4, 0.5) is 57.9 Å². The van der Waals surface area contributed by atoms with E-state index < -0.39 is 41.6 Å². The minimum atomic E-state index is -5.07. The molecule has 0 aromatic heterocycles. The number of anilines is 4. The van der Waals surface area contributed by atoms with Crippen LogP contribution in [0.5, 0.6) is 23.0 Å². The van der Waals surface area contributed by atoms with Crippen LogP contribution in [0, 0.1) is 11.6 Å². The summed E-state index contributed by atoms with van der Waals surface area (Å²) in [5.41, 5.74) is 12.0. The number of phenolic OH excluding ortho intramolecular Hbond substituents is 4. The molecule has 320 valence electrons. The molecular weight excluding hydrogens is 832 g/mol. The van der Waals surface area contributed by atoms with Crippen molar-refractivity contribution in [3.05, 3.63) is 145 Å². The molecule has 0 saturated heterocycles. The third-order valence-corrected chi connectivity index (χ3v) is 8.73. The van der Waals surface area contributed by atoms with E-state index in [4.69, 9.17) is 16.6 Å². The van der Waals surface area contributed by atoms with Gasteiger partial charge in [0.1, 0.15) is 11.5 Å². The molecule has 0 heterocycles. The highest BCUT2D eigenvalue weighted by atomic mass is 19.4. The molecule has 62 heavy (non-hydrogen) atoms. The topological polar surface area (TPSA) is 191 Å². The Kier molecular flexibility index (Phi) is 13.4. The maximum atomic E-state index is 13.7. The van der Waals surface area contributed by atoms with Crippen molar-refractivity contribution in [1.29, 1.82) is 0 Å². The zero-order chi connectivity index (χ0) is 45.5. The lowest BCUT2D eigenvalue weighted by molar-refractivity contribution is -0.167. The zero-order valence-corrected chi connectivity index (χ0v) is 31.5. The van der Waals surface area contributed by atoms with E-state index in [0.717, 1.165) is 22.9 Å². The fraction of sp³-hybridized carbons (Fsp3) is 0.0455. The molecular formula is C44H32F8N4O6. The van der Waals surface area contributed by atoms with Crippen LogP contribution in [0.1, 0.15) is 0 Å². The number of nitrogens with one attached hydrogen (secondary N) is 2. The van der Waals surface area contributed by atoms with E-state index in [1.54, 1.807) is 59.2 Å². The monoisotopic (exact) mass is 864 g/mol. The van der Waals surface area contributed by atoms with Crippen molar-refractivity contribution in [3.8, 4) is 23.0 Å². The molecule has 0 bridgehead atoms. The van der Waals surface area contributed by atoms with Gasteiger partial charge in [-0.25, -0.2) is 8.78 Å². The quantitative estimate of drug-likeness (QED) is 0.0622. The third kappa shape index (κ3) is 10.8. The lowest BCUT2D eigenvalue weighted by Gasteiger charge is -2.11. The number of aromatic hydroxyl groups is 4. The molecule has 0 atom stereocenters. The number of carbonyl (C=O) groups is 2. The summed E-state index contributed by atoms with van der Waals surface area (Å²) >= 11 is 0. The molecule has 0 spiro atoms. The number of fused-ring (bicyclic) bond motifs is 4. The Balaban J connectivity index is 0.000000159. The molecule has 8 aromatic carbocycles. The molecule has 0 aliphatic rings. The summed E-state index contributed by atoms with van der Waals surface area (Å²) in [4.78, 5) is 21.7. The fourth-order valence-electron chi connectivity index (χ4n) is 5.82. The van der Waals surface area contributed by atoms with Crippen molar-refractivity contribution in [2.75, 3.05) is 22.1 Å². The van der Waals surface area contributed by atoms with Crippen LogP contribution in [-0.4, -0.2) is 44.6 Å². The number of carbonyl (C=O) groups excluding carboxylic acids is 2. The van der Waals surface area contributed by atoms with Gasteiger partial charge >= 0.3 is 24.2 Å². The van der Waals surface area contributed by atoms with E-state index in [1.807, 2.05) is 24.3 Å². The second kappa shape index (κ2) is 18.5. The SMILES string of the molecule is Nc1cccc2ccc(O)c(F)c12.Nc1cccc2ccc(O)cc12.O=C(Nc1cccc2ccc(O)c(F)c12)C(F)(F)F.O=C(Nc1cccc2ccc(O)cc12)C(F)(F)F. The smallest absolute Gasteiger partial charge is 0.471 e. The molecule has 10 nitrogen and oxygen atoms in total. The van der Waals surface area contributed by atoms with E-state index in [1.165, 1.54) is 48.5 Å². The van der Waals surface area contributed by atoms with Crippen molar-refractivity contribution in [2.45, 2.75) is 12.4 Å². The van der Waals surface area contributed by atoms with Gasteiger partial charge in [-0.15, -0.1) is 0 Å². The standard InChI is InChI=1S/C12H7F4NO2.C12H8F3NO2.C10H8FNO.C10H9NO/c13-10-8(18)5-4-6-2-1-3-7(9(6)10)17-11(19)12(14,15)16;13-12(14,15)11(18)16-10-3-1-2-7-4-5-8(17)6-9(7)10;11-10-8(13)5-4-6-2-1-3-7(12)9(6)10;11-10-3-1-2-7-4-5-8(12)6-9(7)10/h1-5,18H,(H,17,19);1-6,17H,(H,16,18);1-5,13H,12H2;1-6,12H,11H2. The van der Waals surface area contributed by atoms with Crippen molar-refractivity contribution < 1.29 is 65.1 Å². The van der Waals surface area contributed by atoms with Gasteiger partial charge in [-0.3, -0.25) is 9.59 Å². The van der Waals surface area contributed by atoms with Crippen LogP contribution in [-0.2, 0) is 9.59 Å². The van der Waals surface area contributed by atoms with Gasteiger partial charge in [-0.2, -0.15) is 26.3 Å². The number of rotatable bonds is 2. The second-order valence-electron chi connectivity index (χ2n) is 13.0. The van der Waals surface area contributed by atoms with E-state index in [0.29, 0.717) is 27.5 Å². The van der Waals surface area contributed by atoms with Crippen LogP contribution in [0.25, 0.3) is 43.1 Å². The number of amides is 2. The lowest BCUT2D eigenvalue weighted by Crippen LogP contribution is -2.30. The maximum Gasteiger partial charge on any atom is 0.471 e. The molecule has 0 aliphatic heterocycles. The minimum Gasteiger partial charge on any atom is -0.508 e. The summed E-state index contributed by atoms with van der Waals surface area (Å²) in [5, 5.41) is 44.1. The first kappa shape index (κ1) is 45.1. The zero-order valence-electron chi connectivity index (χ0n) is 31.5. The van der Waals surface area contributed by atoms with E-state index in [9.17, 15) is 60.0 Å². The summed E-state index contributed by atoms with van der Waals surface area (Å²) in [6.45, 7) is 0. The van der Waals surface area contributed by atoms with Crippen LogP contribution in [0.2, 0.25) is 0 Å². The number of halogens is 8. The fourth-order valence-corrected chi connectivity index (χ4v) is 5.82. The Bertz CT molecular complexity index is 2940. The number of alkyl halides is 6. The van der Waals surface area contributed by atoms with Gasteiger partial charge < -0.3 is 42.5 Å². The highest BCUT2D eigenvalue weighted by Gasteiger charge is 2.39. The molecule has 0 fully saturated rings. The summed E-state index contributed by atoms with van der Waals surface area (Å²) in [5.74, 6) is -6.91. The predicted molar refractivity (Wildman–Crippen MR) is 221 cm³/mol. The maximum absolute atomic E-state index is 13.7. The Morgan fingerprint density at radius 1 is 0.452 bits per heavy atom. The number of nitrogen functional groups attached to an aromatic ring is 2. The van der Waals surface area contributed by atoms with Gasteiger partial charge in [0.2, 0.25) is 0 Å². The molecule has 18 heteroatoms. The highest BCUT2D eigenvalue weighted by Crippen LogP contribution is 2.33. The number of hydrogen-bond donors (Lipinski definition) is 8. The molecule has 10 N–H and O–H groups in total. The largest absolute Gasteiger partial charge is 0.508 e. The third-order valence-electron chi connectivity index (χ3n) is 8.73. The number of benzene rings is 8. The van der Waals surface area contributed by atoms with Crippen molar-refractivity contribution in [2.24, 2.45) is 0 Å². The number of nitrogens with two attached hydrogens (primary N) is 2. The molecule has 2 amide bonds. The Labute approximate surface area is 344 Å². The molecule has 0 saturated carbocycles. The van der Waals surface area contributed by atoms with Gasteiger partial charge in [-0.1, -0.05) is 72.8 Å². The predicted octanol–water partition coefficient (Wildman–Crippen LogP) is 10.6. The Morgan fingerprint density at radius 3 is 1.37 bits per heavy atom. The van der Waals surface area contributed by atoms with Crippen LogP contribution >= 0.6 is 0 Å². The molecule has 8 rings (SSSR count). The molecule has 0 unspecified atom stereocenters. The number of phenols is 4. The van der Waals surface area contributed by atoms with Crippen LogP contribution in [0.15, 0.2) is 133 Å². The first-order valence-corrected chi connectivity index (χ1v) is 17.7. The molecule has 8 aromatic rings. The van der Waals surface area contributed by atoms with Crippen LogP contribution < -0.4 is 22.1 Å². The lowest BCUT2D eigenvalue weighted by atomic mass is 10.1. The summed E-state index contributed by atoms with van der Waals surface area (Å²) in [6.07, 6.45) is -10.0. The molecule has 0 radical (unpaired) electrons.